The van der Waals surface area contributed by atoms with Crippen molar-refractivity contribution in [2.75, 3.05) is 19.8 Å². The van der Waals surface area contributed by atoms with Crippen LogP contribution in [0.15, 0.2) is 18.2 Å². The Kier molecular flexibility index (Phi) is 8.36. The third kappa shape index (κ3) is 5.93. The van der Waals surface area contributed by atoms with E-state index < -0.39 is 0 Å². The van der Waals surface area contributed by atoms with Crippen LogP contribution in [0.5, 0.6) is 11.5 Å². The van der Waals surface area contributed by atoms with Crippen LogP contribution in [0, 0.1) is 0 Å². The molecule has 5 heteroatoms. The summed E-state index contributed by atoms with van der Waals surface area (Å²) in [6.45, 7) is 7.72. The van der Waals surface area contributed by atoms with E-state index in [-0.39, 0.29) is 11.9 Å². The molecule has 5 nitrogen and oxygen atoms in total. The van der Waals surface area contributed by atoms with E-state index in [1.54, 1.807) is 0 Å². The molecule has 1 aromatic rings. The summed E-state index contributed by atoms with van der Waals surface area (Å²) in [5, 5.41) is 2.93. The standard InChI is InChI=1S/C17H28N2O3/c1-4-10-21-15-7-6-14(12-16(15)22-11-5-2)13(3)19-17(20)8-9-18/h6-7,12-13H,4-5,8-11,18H2,1-3H3,(H,19,20). The van der Waals surface area contributed by atoms with E-state index in [1.165, 1.54) is 0 Å². The first-order valence-electron chi connectivity index (χ1n) is 8.01. The average molecular weight is 308 g/mol. The van der Waals surface area contributed by atoms with Gasteiger partial charge in [-0.3, -0.25) is 4.79 Å². The summed E-state index contributed by atoms with van der Waals surface area (Å²) in [4.78, 5) is 11.6. The lowest BCUT2D eigenvalue weighted by molar-refractivity contribution is -0.121. The third-order valence-electron chi connectivity index (χ3n) is 3.14. The molecule has 0 bridgehead atoms. The van der Waals surface area contributed by atoms with Gasteiger partial charge >= 0.3 is 0 Å². The van der Waals surface area contributed by atoms with Crippen molar-refractivity contribution >= 4 is 5.91 Å². The monoisotopic (exact) mass is 308 g/mol. The maximum Gasteiger partial charge on any atom is 0.221 e. The Labute approximate surface area is 133 Å². The second-order valence-electron chi connectivity index (χ2n) is 5.23. The Morgan fingerprint density at radius 3 is 2.41 bits per heavy atom. The first kappa shape index (κ1) is 18.3. The SMILES string of the molecule is CCCOc1ccc(C(C)NC(=O)CCN)cc1OCCC. The largest absolute Gasteiger partial charge is 0.490 e. The molecule has 124 valence electrons. The zero-order valence-electron chi connectivity index (χ0n) is 13.9. The molecule has 1 rings (SSSR count). The Hall–Kier alpha value is -1.75. The van der Waals surface area contributed by atoms with Crippen molar-refractivity contribution in [3.8, 4) is 11.5 Å². The van der Waals surface area contributed by atoms with Crippen molar-refractivity contribution in [1.82, 2.24) is 5.32 Å². The molecule has 1 amide bonds. The molecule has 0 aromatic heterocycles. The maximum absolute atomic E-state index is 11.6. The van der Waals surface area contributed by atoms with Crippen LogP contribution >= 0.6 is 0 Å². The molecule has 0 heterocycles. The molecule has 0 saturated carbocycles. The molecule has 1 aromatic carbocycles. The lowest BCUT2D eigenvalue weighted by Crippen LogP contribution is -2.28. The number of rotatable bonds is 10. The Balaban J connectivity index is 2.84. The fraction of sp³-hybridized carbons (Fsp3) is 0.588. The van der Waals surface area contributed by atoms with Gasteiger partial charge in [-0.15, -0.1) is 0 Å². The summed E-state index contributed by atoms with van der Waals surface area (Å²) in [7, 11) is 0. The van der Waals surface area contributed by atoms with Crippen LogP contribution in [-0.2, 0) is 4.79 Å². The molecule has 1 atom stereocenters. The normalized spacial score (nSPS) is 11.8. The van der Waals surface area contributed by atoms with Crippen LogP contribution in [0.4, 0.5) is 0 Å². The number of carbonyl (C=O) groups excluding carboxylic acids is 1. The smallest absolute Gasteiger partial charge is 0.221 e. The summed E-state index contributed by atoms with van der Waals surface area (Å²) in [5.74, 6) is 1.43. The van der Waals surface area contributed by atoms with Crippen molar-refractivity contribution in [3.63, 3.8) is 0 Å². The van der Waals surface area contributed by atoms with E-state index in [0.717, 1.165) is 29.9 Å². The Morgan fingerprint density at radius 2 is 1.82 bits per heavy atom. The summed E-state index contributed by atoms with van der Waals surface area (Å²) < 4.78 is 11.5. The average Bonchev–Trinajstić information content (AvgIpc) is 2.51. The first-order valence-corrected chi connectivity index (χ1v) is 8.01. The quantitative estimate of drug-likeness (QED) is 0.697. The number of ether oxygens (including phenoxy) is 2. The van der Waals surface area contributed by atoms with Crippen molar-refractivity contribution in [2.24, 2.45) is 5.73 Å². The molecular weight excluding hydrogens is 280 g/mol. The van der Waals surface area contributed by atoms with Gasteiger partial charge in [-0.1, -0.05) is 19.9 Å². The minimum Gasteiger partial charge on any atom is -0.490 e. The van der Waals surface area contributed by atoms with Crippen LogP contribution in [-0.4, -0.2) is 25.7 Å². The molecule has 0 radical (unpaired) electrons. The van der Waals surface area contributed by atoms with E-state index in [9.17, 15) is 4.79 Å². The zero-order valence-corrected chi connectivity index (χ0v) is 13.9. The van der Waals surface area contributed by atoms with Crippen LogP contribution < -0.4 is 20.5 Å². The number of nitrogens with one attached hydrogen (secondary N) is 1. The fourth-order valence-corrected chi connectivity index (χ4v) is 1.98. The lowest BCUT2D eigenvalue weighted by Gasteiger charge is -2.18. The molecule has 0 aliphatic heterocycles. The summed E-state index contributed by atoms with van der Waals surface area (Å²) in [6.07, 6.45) is 2.21. The third-order valence-corrected chi connectivity index (χ3v) is 3.14. The molecule has 0 spiro atoms. The Bertz CT molecular complexity index is 463. The van der Waals surface area contributed by atoms with Gasteiger partial charge in [-0.25, -0.2) is 0 Å². The number of benzene rings is 1. The van der Waals surface area contributed by atoms with Gasteiger partial charge in [0.15, 0.2) is 11.5 Å². The number of carbonyl (C=O) groups is 1. The Morgan fingerprint density at radius 1 is 1.18 bits per heavy atom. The van der Waals surface area contributed by atoms with E-state index in [1.807, 2.05) is 25.1 Å². The number of amides is 1. The van der Waals surface area contributed by atoms with Crippen molar-refractivity contribution in [2.45, 2.75) is 46.1 Å². The van der Waals surface area contributed by atoms with Gasteiger partial charge in [0.25, 0.3) is 0 Å². The molecule has 0 aliphatic rings. The predicted octanol–water partition coefficient (Wildman–Crippen LogP) is 2.79. The van der Waals surface area contributed by atoms with Gasteiger partial charge in [-0.05, 0) is 37.5 Å². The van der Waals surface area contributed by atoms with Crippen molar-refractivity contribution < 1.29 is 14.3 Å². The van der Waals surface area contributed by atoms with E-state index in [4.69, 9.17) is 15.2 Å². The van der Waals surface area contributed by atoms with E-state index >= 15 is 0 Å². The molecular formula is C17H28N2O3. The lowest BCUT2D eigenvalue weighted by atomic mass is 10.1. The minimum atomic E-state index is -0.0942. The molecule has 0 aliphatic carbocycles. The van der Waals surface area contributed by atoms with Crippen LogP contribution in [0.2, 0.25) is 0 Å². The first-order chi connectivity index (χ1) is 10.6. The highest BCUT2D eigenvalue weighted by Crippen LogP contribution is 2.31. The zero-order chi connectivity index (χ0) is 16.4. The molecule has 1 unspecified atom stereocenters. The highest BCUT2D eigenvalue weighted by molar-refractivity contribution is 5.76. The number of hydrogen-bond donors (Lipinski definition) is 2. The second-order valence-corrected chi connectivity index (χ2v) is 5.23. The molecule has 0 saturated heterocycles. The van der Waals surface area contributed by atoms with Gasteiger partial charge in [0.2, 0.25) is 5.91 Å². The number of nitrogens with two attached hydrogens (primary N) is 1. The maximum atomic E-state index is 11.6. The molecule has 3 N–H and O–H groups in total. The fourth-order valence-electron chi connectivity index (χ4n) is 1.98. The van der Waals surface area contributed by atoms with Gasteiger partial charge in [-0.2, -0.15) is 0 Å². The summed E-state index contributed by atoms with van der Waals surface area (Å²) in [5.41, 5.74) is 6.38. The van der Waals surface area contributed by atoms with E-state index in [0.29, 0.717) is 26.2 Å². The summed E-state index contributed by atoms with van der Waals surface area (Å²) >= 11 is 0. The summed E-state index contributed by atoms with van der Waals surface area (Å²) in [6, 6.07) is 5.70. The second kappa shape index (κ2) is 10.1. The highest BCUT2D eigenvalue weighted by atomic mass is 16.5. The van der Waals surface area contributed by atoms with Crippen LogP contribution in [0.25, 0.3) is 0 Å². The van der Waals surface area contributed by atoms with Crippen LogP contribution in [0.1, 0.15) is 51.6 Å². The van der Waals surface area contributed by atoms with Gasteiger partial charge in [0.1, 0.15) is 0 Å². The van der Waals surface area contributed by atoms with Gasteiger partial charge in [0.05, 0.1) is 19.3 Å². The van der Waals surface area contributed by atoms with Crippen LogP contribution in [0.3, 0.4) is 0 Å². The van der Waals surface area contributed by atoms with Crippen molar-refractivity contribution in [3.05, 3.63) is 23.8 Å². The van der Waals surface area contributed by atoms with Gasteiger partial charge in [0, 0.05) is 13.0 Å². The highest BCUT2D eigenvalue weighted by Gasteiger charge is 2.13. The number of hydrogen-bond acceptors (Lipinski definition) is 4. The van der Waals surface area contributed by atoms with Crippen molar-refractivity contribution in [1.29, 1.82) is 0 Å². The molecule has 22 heavy (non-hydrogen) atoms. The predicted molar refractivity (Wildman–Crippen MR) is 88.2 cm³/mol. The van der Waals surface area contributed by atoms with E-state index in [2.05, 4.69) is 19.2 Å². The topological polar surface area (TPSA) is 73.6 Å². The molecule has 0 fully saturated rings. The van der Waals surface area contributed by atoms with Gasteiger partial charge < -0.3 is 20.5 Å². The minimum absolute atomic E-state index is 0.0441.